The van der Waals surface area contributed by atoms with Crippen molar-refractivity contribution in [2.45, 2.75) is 13.5 Å². The molecule has 0 aliphatic rings. The zero-order chi connectivity index (χ0) is 21.5. The topological polar surface area (TPSA) is 94.8 Å². The molecule has 0 saturated carbocycles. The van der Waals surface area contributed by atoms with Crippen LogP contribution in [0.4, 0.5) is 0 Å². The molecule has 0 unspecified atom stereocenters. The minimum Gasteiger partial charge on any atom is -0.496 e. The monoisotopic (exact) mass is 407 g/mol. The normalized spacial score (nSPS) is 10.3. The van der Waals surface area contributed by atoms with E-state index in [9.17, 15) is 14.4 Å². The lowest BCUT2D eigenvalue weighted by Crippen LogP contribution is -2.28. The zero-order valence-corrected chi connectivity index (χ0v) is 16.6. The van der Waals surface area contributed by atoms with Crippen LogP contribution in [0.3, 0.4) is 0 Å². The summed E-state index contributed by atoms with van der Waals surface area (Å²) < 4.78 is 15.8. The van der Waals surface area contributed by atoms with Crippen molar-refractivity contribution in [1.82, 2.24) is 5.32 Å². The first-order valence-corrected chi connectivity index (χ1v) is 9.25. The molecular weight excluding hydrogens is 386 g/mol. The van der Waals surface area contributed by atoms with Crippen LogP contribution in [0.1, 0.15) is 33.4 Å². The Hall–Kier alpha value is -3.87. The quantitative estimate of drug-likeness (QED) is 0.453. The molecule has 1 N–H and O–H groups in total. The number of para-hydroxylation sites is 1. The number of hydrogen-bond donors (Lipinski definition) is 1. The van der Waals surface area contributed by atoms with Crippen molar-refractivity contribution in [2.75, 3.05) is 13.7 Å². The first kappa shape index (κ1) is 20.9. The van der Waals surface area contributed by atoms with Gasteiger partial charge in [-0.1, -0.05) is 42.5 Å². The minimum atomic E-state index is -0.742. The Labute approximate surface area is 173 Å². The fraction of sp³-hybridized carbons (Fsp3) is 0.174. The first-order chi connectivity index (χ1) is 14.5. The number of furan rings is 1. The third-order valence-electron chi connectivity index (χ3n) is 4.39. The minimum absolute atomic E-state index is 0.0156. The van der Waals surface area contributed by atoms with Crippen LogP contribution in [-0.4, -0.2) is 31.4 Å². The van der Waals surface area contributed by atoms with Crippen molar-refractivity contribution >= 4 is 17.7 Å². The molecule has 3 rings (SSSR count). The summed E-state index contributed by atoms with van der Waals surface area (Å²) in [6.45, 7) is 1.31. The second kappa shape index (κ2) is 9.56. The molecule has 30 heavy (non-hydrogen) atoms. The van der Waals surface area contributed by atoms with Crippen LogP contribution in [0.25, 0.3) is 11.3 Å². The molecule has 3 aromatic rings. The maximum atomic E-state index is 12.2. The van der Waals surface area contributed by atoms with Gasteiger partial charge >= 0.3 is 5.97 Å². The van der Waals surface area contributed by atoms with Crippen LogP contribution in [0, 0.1) is 0 Å². The second-order valence-corrected chi connectivity index (χ2v) is 6.46. The van der Waals surface area contributed by atoms with Gasteiger partial charge in [-0.15, -0.1) is 0 Å². The summed E-state index contributed by atoms with van der Waals surface area (Å²) >= 11 is 0. The van der Waals surface area contributed by atoms with E-state index in [2.05, 4.69) is 5.32 Å². The third-order valence-corrected chi connectivity index (χ3v) is 4.39. The molecule has 0 atom stereocenters. The molecule has 154 valence electrons. The summed E-state index contributed by atoms with van der Waals surface area (Å²) in [5, 5.41) is 2.67. The highest BCUT2D eigenvalue weighted by molar-refractivity contribution is 5.94. The van der Waals surface area contributed by atoms with E-state index in [-0.39, 0.29) is 18.1 Å². The molecule has 0 aliphatic carbocycles. The molecule has 2 aromatic carbocycles. The maximum Gasteiger partial charge on any atom is 0.374 e. The van der Waals surface area contributed by atoms with Gasteiger partial charge in [0.15, 0.2) is 12.4 Å². The summed E-state index contributed by atoms with van der Waals surface area (Å²) in [7, 11) is 1.55. The van der Waals surface area contributed by atoms with E-state index in [0.29, 0.717) is 22.6 Å². The third kappa shape index (κ3) is 5.14. The number of carbonyl (C=O) groups excluding carboxylic acids is 3. The average molecular weight is 407 g/mol. The fourth-order valence-electron chi connectivity index (χ4n) is 2.77. The van der Waals surface area contributed by atoms with Gasteiger partial charge in [-0.05, 0) is 25.1 Å². The summed E-state index contributed by atoms with van der Waals surface area (Å²) in [4.78, 5) is 35.5. The SMILES string of the molecule is COc1ccccc1CNC(=O)COC(=O)c1ccc(-c2ccc(C(C)=O)cc2)o1. The molecule has 1 amide bonds. The van der Waals surface area contributed by atoms with Crippen LogP contribution in [0.5, 0.6) is 5.75 Å². The molecule has 1 aromatic heterocycles. The molecule has 0 saturated heterocycles. The van der Waals surface area contributed by atoms with Crippen molar-refractivity contribution in [3.05, 3.63) is 77.6 Å². The molecule has 7 nitrogen and oxygen atoms in total. The molecule has 0 aliphatic heterocycles. The zero-order valence-electron chi connectivity index (χ0n) is 16.6. The lowest BCUT2D eigenvalue weighted by atomic mass is 10.1. The van der Waals surface area contributed by atoms with Crippen molar-refractivity contribution in [2.24, 2.45) is 0 Å². The molecule has 0 spiro atoms. The number of methoxy groups -OCH3 is 1. The Morgan fingerprint density at radius 1 is 0.967 bits per heavy atom. The number of rotatable bonds is 8. The number of ether oxygens (including phenoxy) is 2. The Balaban J connectivity index is 1.52. The van der Waals surface area contributed by atoms with Crippen molar-refractivity contribution in [3.63, 3.8) is 0 Å². The summed E-state index contributed by atoms with van der Waals surface area (Å²) in [6, 6.07) is 17.2. The number of hydrogen-bond acceptors (Lipinski definition) is 6. The van der Waals surface area contributed by atoms with Gasteiger partial charge in [0.05, 0.1) is 7.11 Å². The Bertz CT molecular complexity index is 1050. The van der Waals surface area contributed by atoms with Gasteiger partial charge in [0.1, 0.15) is 11.5 Å². The lowest BCUT2D eigenvalue weighted by Gasteiger charge is -2.09. The van der Waals surface area contributed by atoms with E-state index in [1.807, 2.05) is 18.2 Å². The van der Waals surface area contributed by atoms with E-state index in [1.54, 1.807) is 43.5 Å². The van der Waals surface area contributed by atoms with E-state index in [0.717, 1.165) is 5.56 Å². The van der Waals surface area contributed by atoms with Gasteiger partial charge in [-0.25, -0.2) is 4.79 Å². The summed E-state index contributed by atoms with van der Waals surface area (Å²) in [6.07, 6.45) is 0. The van der Waals surface area contributed by atoms with Crippen LogP contribution < -0.4 is 10.1 Å². The molecule has 1 heterocycles. The van der Waals surface area contributed by atoms with Gasteiger partial charge < -0.3 is 19.2 Å². The number of benzene rings is 2. The van der Waals surface area contributed by atoms with Crippen LogP contribution in [0.15, 0.2) is 65.1 Å². The van der Waals surface area contributed by atoms with E-state index >= 15 is 0 Å². The number of nitrogens with one attached hydrogen (secondary N) is 1. The number of esters is 1. The predicted octanol–water partition coefficient (Wildman–Crippen LogP) is 3.63. The highest BCUT2D eigenvalue weighted by Crippen LogP contribution is 2.23. The second-order valence-electron chi connectivity index (χ2n) is 6.46. The summed E-state index contributed by atoms with van der Waals surface area (Å²) in [5.74, 6) is -0.116. The smallest absolute Gasteiger partial charge is 0.374 e. The van der Waals surface area contributed by atoms with Crippen molar-refractivity contribution < 1.29 is 28.3 Å². The fourth-order valence-corrected chi connectivity index (χ4v) is 2.77. The average Bonchev–Trinajstić information content (AvgIpc) is 3.26. The van der Waals surface area contributed by atoms with Crippen LogP contribution >= 0.6 is 0 Å². The van der Waals surface area contributed by atoms with Crippen LogP contribution in [0.2, 0.25) is 0 Å². The predicted molar refractivity (Wildman–Crippen MR) is 109 cm³/mol. The molecule has 0 radical (unpaired) electrons. The van der Waals surface area contributed by atoms with Crippen LogP contribution in [-0.2, 0) is 16.1 Å². The maximum absolute atomic E-state index is 12.2. The van der Waals surface area contributed by atoms with Crippen molar-refractivity contribution in [1.29, 1.82) is 0 Å². The summed E-state index contributed by atoms with van der Waals surface area (Å²) in [5.41, 5.74) is 2.11. The van der Waals surface area contributed by atoms with Crippen molar-refractivity contribution in [3.8, 4) is 17.1 Å². The highest BCUT2D eigenvalue weighted by atomic mass is 16.5. The largest absolute Gasteiger partial charge is 0.496 e. The standard InChI is InChI=1S/C23H21NO6/c1-15(25)16-7-9-17(10-8-16)20-11-12-21(30-20)23(27)29-14-22(26)24-13-18-5-3-4-6-19(18)28-2/h3-12H,13-14H2,1-2H3,(H,24,26). The highest BCUT2D eigenvalue weighted by Gasteiger charge is 2.16. The number of Topliss-reactive ketones (excluding diaryl/α,β-unsaturated/α-hetero) is 1. The molecule has 0 fully saturated rings. The lowest BCUT2D eigenvalue weighted by molar-refractivity contribution is -0.124. The van der Waals surface area contributed by atoms with Gasteiger partial charge in [0, 0.05) is 23.2 Å². The van der Waals surface area contributed by atoms with Gasteiger partial charge in [0.25, 0.3) is 5.91 Å². The molecule has 7 heteroatoms. The Kier molecular flexibility index (Phi) is 6.64. The van der Waals surface area contributed by atoms with E-state index < -0.39 is 18.5 Å². The number of ketones is 1. The molecule has 0 bridgehead atoms. The van der Waals surface area contributed by atoms with Gasteiger partial charge in [0.2, 0.25) is 5.76 Å². The first-order valence-electron chi connectivity index (χ1n) is 9.25. The number of carbonyl (C=O) groups is 3. The van der Waals surface area contributed by atoms with E-state index in [1.165, 1.54) is 13.0 Å². The molecular formula is C23H21NO6. The van der Waals surface area contributed by atoms with E-state index in [4.69, 9.17) is 13.9 Å². The Morgan fingerprint density at radius 2 is 1.70 bits per heavy atom. The Morgan fingerprint density at radius 3 is 2.40 bits per heavy atom. The van der Waals surface area contributed by atoms with Gasteiger partial charge in [-0.3, -0.25) is 9.59 Å². The van der Waals surface area contributed by atoms with Gasteiger partial charge in [-0.2, -0.15) is 0 Å². The number of amides is 1.